The quantitative estimate of drug-likeness (QED) is 0.400. The summed E-state index contributed by atoms with van der Waals surface area (Å²) < 4.78 is 0. The van der Waals surface area contributed by atoms with Gasteiger partial charge in [0, 0.05) is 0 Å². The smallest absolute Gasteiger partial charge is 0.307 e. The summed E-state index contributed by atoms with van der Waals surface area (Å²) in [5.74, 6) is -0.829. The molecule has 0 atom stereocenters. The lowest BCUT2D eigenvalue weighted by molar-refractivity contribution is -0.136. The fourth-order valence-electron chi connectivity index (χ4n) is 0.123. The van der Waals surface area contributed by atoms with Crippen LogP contribution in [-0.4, -0.2) is 17.5 Å². The Morgan fingerprint density at radius 1 is 1.78 bits per heavy atom. The van der Waals surface area contributed by atoms with Crippen LogP contribution < -0.4 is 5.73 Å². The van der Waals surface area contributed by atoms with Crippen LogP contribution in [0.5, 0.6) is 0 Å². The SMILES string of the molecule is C=CCC(=O)O.NC=O. The molecule has 0 aromatic heterocycles. The van der Waals surface area contributed by atoms with E-state index in [2.05, 4.69) is 12.3 Å². The highest BCUT2D eigenvalue weighted by molar-refractivity contribution is 5.68. The van der Waals surface area contributed by atoms with E-state index in [1.165, 1.54) is 6.08 Å². The van der Waals surface area contributed by atoms with Crippen molar-refractivity contribution >= 4 is 12.4 Å². The van der Waals surface area contributed by atoms with E-state index in [9.17, 15) is 4.79 Å². The molecule has 3 N–H and O–H groups in total. The van der Waals surface area contributed by atoms with Crippen LogP contribution in [0.15, 0.2) is 12.7 Å². The maximum Gasteiger partial charge on any atom is 0.307 e. The number of hydrogen-bond acceptors (Lipinski definition) is 2. The molecule has 0 aliphatic rings. The fourth-order valence-corrected chi connectivity index (χ4v) is 0.123. The van der Waals surface area contributed by atoms with Gasteiger partial charge in [-0.1, -0.05) is 6.08 Å². The minimum Gasteiger partial charge on any atom is -0.481 e. The second kappa shape index (κ2) is 9.84. The van der Waals surface area contributed by atoms with Gasteiger partial charge >= 0.3 is 5.97 Å². The Morgan fingerprint density at radius 3 is 2.11 bits per heavy atom. The molecular formula is C5H9NO3. The van der Waals surface area contributed by atoms with Crippen molar-refractivity contribution in [1.29, 1.82) is 0 Å². The van der Waals surface area contributed by atoms with Crippen LogP contribution in [0.4, 0.5) is 0 Å². The van der Waals surface area contributed by atoms with Crippen molar-refractivity contribution in [3.05, 3.63) is 12.7 Å². The lowest BCUT2D eigenvalue weighted by Crippen LogP contribution is -1.88. The van der Waals surface area contributed by atoms with Crippen LogP contribution in [0.25, 0.3) is 0 Å². The zero-order valence-corrected chi connectivity index (χ0v) is 4.91. The van der Waals surface area contributed by atoms with Gasteiger partial charge in [0.2, 0.25) is 6.41 Å². The summed E-state index contributed by atoms with van der Waals surface area (Å²) in [7, 11) is 0. The number of primary amides is 1. The fraction of sp³-hybridized carbons (Fsp3) is 0.200. The van der Waals surface area contributed by atoms with Gasteiger partial charge in [0.1, 0.15) is 0 Å². The Labute approximate surface area is 53.0 Å². The van der Waals surface area contributed by atoms with Gasteiger partial charge < -0.3 is 10.8 Å². The van der Waals surface area contributed by atoms with Gasteiger partial charge in [-0.25, -0.2) is 0 Å². The Balaban J connectivity index is 0. The van der Waals surface area contributed by atoms with Crippen molar-refractivity contribution in [3.8, 4) is 0 Å². The molecule has 4 nitrogen and oxygen atoms in total. The van der Waals surface area contributed by atoms with Gasteiger partial charge in [0.15, 0.2) is 0 Å². The van der Waals surface area contributed by atoms with Crippen molar-refractivity contribution in [1.82, 2.24) is 0 Å². The molecule has 0 unspecified atom stereocenters. The van der Waals surface area contributed by atoms with Gasteiger partial charge in [-0.2, -0.15) is 0 Å². The minimum atomic E-state index is -0.829. The van der Waals surface area contributed by atoms with Gasteiger partial charge in [0.25, 0.3) is 0 Å². The lowest BCUT2D eigenvalue weighted by Gasteiger charge is -1.75. The van der Waals surface area contributed by atoms with Crippen LogP contribution >= 0.6 is 0 Å². The van der Waals surface area contributed by atoms with E-state index < -0.39 is 5.97 Å². The highest BCUT2D eigenvalue weighted by Gasteiger charge is 1.84. The summed E-state index contributed by atoms with van der Waals surface area (Å²) in [4.78, 5) is 18.1. The first-order valence-corrected chi connectivity index (χ1v) is 2.17. The highest BCUT2D eigenvalue weighted by atomic mass is 16.4. The normalized spacial score (nSPS) is 6.22. The van der Waals surface area contributed by atoms with Crippen LogP contribution in [-0.2, 0) is 9.59 Å². The standard InChI is InChI=1S/C4H6O2.CH3NO/c1-2-3-4(5)6;2-1-3/h2H,1,3H2,(H,5,6);1H,(H2,2,3). The first-order valence-electron chi connectivity index (χ1n) is 2.17. The molecule has 0 rings (SSSR count). The van der Waals surface area contributed by atoms with E-state index in [0.717, 1.165) is 0 Å². The number of carbonyl (C=O) groups excluding carboxylic acids is 1. The largest absolute Gasteiger partial charge is 0.481 e. The van der Waals surface area contributed by atoms with E-state index >= 15 is 0 Å². The molecule has 0 aliphatic carbocycles. The number of carboxylic acids is 1. The molecule has 0 fully saturated rings. The van der Waals surface area contributed by atoms with E-state index in [1.54, 1.807) is 0 Å². The summed E-state index contributed by atoms with van der Waals surface area (Å²) in [6.07, 6.45) is 1.66. The zero-order chi connectivity index (χ0) is 7.70. The molecule has 4 heteroatoms. The molecular weight excluding hydrogens is 122 g/mol. The van der Waals surface area contributed by atoms with E-state index in [4.69, 9.17) is 9.90 Å². The van der Waals surface area contributed by atoms with Gasteiger partial charge in [-0.05, 0) is 0 Å². The summed E-state index contributed by atoms with van der Waals surface area (Å²) in [5, 5.41) is 7.84. The van der Waals surface area contributed by atoms with E-state index in [-0.39, 0.29) is 12.8 Å². The summed E-state index contributed by atoms with van der Waals surface area (Å²) >= 11 is 0. The second-order valence-electron chi connectivity index (χ2n) is 1.02. The Bertz CT molecular complexity index is 100. The van der Waals surface area contributed by atoms with Gasteiger partial charge in [-0.3, -0.25) is 9.59 Å². The zero-order valence-electron chi connectivity index (χ0n) is 4.91. The topological polar surface area (TPSA) is 80.4 Å². The monoisotopic (exact) mass is 131 g/mol. The predicted octanol–water partition coefficient (Wildman–Crippen LogP) is -0.251. The third-order valence-corrected chi connectivity index (χ3v) is 0.319. The highest BCUT2D eigenvalue weighted by Crippen LogP contribution is 1.74. The third kappa shape index (κ3) is 51.8. The molecule has 0 radical (unpaired) electrons. The molecule has 0 spiro atoms. The van der Waals surface area contributed by atoms with Crippen molar-refractivity contribution in [2.75, 3.05) is 0 Å². The van der Waals surface area contributed by atoms with Crippen LogP contribution in [0.3, 0.4) is 0 Å². The molecule has 0 saturated heterocycles. The third-order valence-electron chi connectivity index (χ3n) is 0.319. The van der Waals surface area contributed by atoms with Crippen molar-refractivity contribution in [2.24, 2.45) is 5.73 Å². The molecule has 0 saturated carbocycles. The number of amides is 1. The Hall–Kier alpha value is -1.32. The Morgan fingerprint density at radius 2 is 2.11 bits per heavy atom. The van der Waals surface area contributed by atoms with Crippen LogP contribution in [0.2, 0.25) is 0 Å². The minimum absolute atomic E-state index is 0.0556. The van der Waals surface area contributed by atoms with Gasteiger partial charge in [0.05, 0.1) is 6.42 Å². The average molecular weight is 131 g/mol. The summed E-state index contributed by atoms with van der Waals surface area (Å²) in [6.45, 7) is 3.22. The first-order chi connectivity index (χ1) is 4.18. The number of aliphatic carboxylic acids is 1. The Kier molecular flexibility index (Phi) is 11.6. The maximum absolute atomic E-state index is 9.53. The molecule has 1 amide bonds. The molecule has 0 aromatic carbocycles. The molecule has 0 heterocycles. The van der Waals surface area contributed by atoms with Crippen molar-refractivity contribution in [3.63, 3.8) is 0 Å². The number of nitrogens with two attached hydrogens (primary N) is 1. The van der Waals surface area contributed by atoms with Crippen LogP contribution in [0.1, 0.15) is 6.42 Å². The van der Waals surface area contributed by atoms with Gasteiger partial charge in [-0.15, -0.1) is 6.58 Å². The van der Waals surface area contributed by atoms with Crippen molar-refractivity contribution < 1.29 is 14.7 Å². The number of carboxylic acid groups (broad SMARTS) is 1. The average Bonchev–Trinajstić information content (AvgIpc) is 1.67. The molecule has 0 aliphatic heterocycles. The summed E-state index contributed by atoms with van der Waals surface area (Å²) in [5.41, 5.74) is 4.17. The van der Waals surface area contributed by atoms with E-state index in [1.807, 2.05) is 0 Å². The lowest BCUT2D eigenvalue weighted by atomic mass is 10.4. The van der Waals surface area contributed by atoms with Crippen LogP contribution in [0, 0.1) is 0 Å². The molecule has 0 bridgehead atoms. The molecule has 0 aromatic rings. The second-order valence-corrected chi connectivity index (χ2v) is 1.02. The maximum atomic E-state index is 9.53. The molecule has 9 heavy (non-hydrogen) atoms. The number of hydrogen-bond donors (Lipinski definition) is 2. The number of rotatable bonds is 2. The predicted molar refractivity (Wildman–Crippen MR) is 32.7 cm³/mol. The van der Waals surface area contributed by atoms with E-state index in [0.29, 0.717) is 0 Å². The van der Waals surface area contributed by atoms with Crippen molar-refractivity contribution in [2.45, 2.75) is 6.42 Å². The summed E-state index contributed by atoms with van der Waals surface area (Å²) in [6, 6.07) is 0. The first kappa shape index (κ1) is 10.6. The number of carbonyl (C=O) groups is 2. The molecule has 52 valence electrons.